The van der Waals surface area contributed by atoms with Crippen LogP contribution in [0.5, 0.6) is 0 Å². The molecule has 3 N–H and O–H groups in total. The number of nitrogens with two attached hydrogens (primary N) is 1. The Morgan fingerprint density at radius 2 is 2.06 bits per heavy atom. The molecule has 1 aromatic rings. The van der Waals surface area contributed by atoms with Gasteiger partial charge in [0.05, 0.1) is 11.4 Å². The van der Waals surface area contributed by atoms with Crippen molar-refractivity contribution in [1.82, 2.24) is 0 Å². The summed E-state index contributed by atoms with van der Waals surface area (Å²) in [5, 5.41) is 3.45. The van der Waals surface area contributed by atoms with Crippen molar-refractivity contribution < 1.29 is 4.21 Å². The Bertz CT molecular complexity index is 396. The Hall–Kier alpha value is -1.03. The standard InChI is InChI=1S/C12H18N2OS/c1-9-2-3-11(13)12(8-9)14-10-4-6-16(15)7-5-10/h2-3,8,10,14H,4-7,13H2,1H3. The van der Waals surface area contributed by atoms with Gasteiger partial charge in [0.2, 0.25) is 0 Å². The molecule has 16 heavy (non-hydrogen) atoms. The van der Waals surface area contributed by atoms with E-state index in [4.69, 9.17) is 5.73 Å². The van der Waals surface area contributed by atoms with Gasteiger partial charge in [-0.3, -0.25) is 4.21 Å². The van der Waals surface area contributed by atoms with Crippen LogP contribution in [0.15, 0.2) is 18.2 Å². The van der Waals surface area contributed by atoms with Crippen molar-refractivity contribution in [2.24, 2.45) is 0 Å². The highest BCUT2D eigenvalue weighted by atomic mass is 32.2. The number of aryl methyl sites for hydroxylation is 1. The van der Waals surface area contributed by atoms with Gasteiger partial charge in [0, 0.05) is 28.3 Å². The second-order valence-electron chi connectivity index (χ2n) is 4.36. The van der Waals surface area contributed by atoms with Gasteiger partial charge in [-0.1, -0.05) is 6.07 Å². The lowest BCUT2D eigenvalue weighted by Crippen LogP contribution is -2.29. The number of hydrogen-bond donors (Lipinski definition) is 2. The van der Waals surface area contributed by atoms with Crippen molar-refractivity contribution in [1.29, 1.82) is 0 Å². The zero-order chi connectivity index (χ0) is 11.5. The fourth-order valence-corrected chi connectivity index (χ4v) is 3.25. The molecule has 0 aliphatic carbocycles. The molecule has 1 fully saturated rings. The summed E-state index contributed by atoms with van der Waals surface area (Å²) in [6, 6.07) is 6.43. The Balaban J connectivity index is 2.03. The van der Waals surface area contributed by atoms with E-state index in [0.717, 1.165) is 35.7 Å². The monoisotopic (exact) mass is 238 g/mol. The summed E-state index contributed by atoms with van der Waals surface area (Å²) < 4.78 is 11.2. The van der Waals surface area contributed by atoms with Crippen molar-refractivity contribution in [3.05, 3.63) is 23.8 Å². The minimum atomic E-state index is -0.600. The van der Waals surface area contributed by atoms with Gasteiger partial charge in [0.15, 0.2) is 0 Å². The first-order valence-corrected chi connectivity index (χ1v) is 7.11. The van der Waals surface area contributed by atoms with E-state index in [1.807, 2.05) is 12.1 Å². The molecule has 0 unspecified atom stereocenters. The topological polar surface area (TPSA) is 55.1 Å². The predicted molar refractivity (Wildman–Crippen MR) is 70.1 cm³/mol. The maximum atomic E-state index is 11.2. The van der Waals surface area contributed by atoms with Crippen LogP contribution in [-0.4, -0.2) is 21.8 Å². The summed E-state index contributed by atoms with van der Waals surface area (Å²) in [5.74, 6) is 1.62. The van der Waals surface area contributed by atoms with Crippen LogP contribution in [0.1, 0.15) is 18.4 Å². The van der Waals surface area contributed by atoms with Crippen molar-refractivity contribution in [3.63, 3.8) is 0 Å². The van der Waals surface area contributed by atoms with Crippen LogP contribution < -0.4 is 11.1 Å². The van der Waals surface area contributed by atoms with Gasteiger partial charge >= 0.3 is 0 Å². The zero-order valence-electron chi connectivity index (χ0n) is 9.53. The summed E-state index contributed by atoms with van der Waals surface area (Å²) in [4.78, 5) is 0. The van der Waals surface area contributed by atoms with Gasteiger partial charge < -0.3 is 11.1 Å². The smallest absolute Gasteiger partial charge is 0.0578 e. The van der Waals surface area contributed by atoms with Gasteiger partial charge in [-0.05, 0) is 37.5 Å². The van der Waals surface area contributed by atoms with Crippen molar-refractivity contribution in [3.8, 4) is 0 Å². The molecule has 3 nitrogen and oxygen atoms in total. The van der Waals surface area contributed by atoms with Gasteiger partial charge in [-0.2, -0.15) is 0 Å². The minimum absolute atomic E-state index is 0.418. The first-order valence-electron chi connectivity index (χ1n) is 5.63. The van der Waals surface area contributed by atoms with E-state index in [1.165, 1.54) is 5.56 Å². The molecule has 1 aliphatic rings. The van der Waals surface area contributed by atoms with Crippen LogP contribution >= 0.6 is 0 Å². The van der Waals surface area contributed by atoms with Gasteiger partial charge in [-0.15, -0.1) is 0 Å². The first-order chi connectivity index (χ1) is 7.65. The molecule has 0 amide bonds. The lowest BCUT2D eigenvalue weighted by Gasteiger charge is -2.24. The molecule has 0 spiro atoms. The molecule has 0 saturated carbocycles. The van der Waals surface area contributed by atoms with E-state index in [0.29, 0.717) is 6.04 Å². The third kappa shape index (κ3) is 2.76. The molecule has 1 saturated heterocycles. The van der Waals surface area contributed by atoms with Crippen LogP contribution in [0.25, 0.3) is 0 Å². The number of rotatable bonds is 2. The number of nitrogen functional groups attached to an aromatic ring is 1. The first kappa shape index (κ1) is 11.5. The third-order valence-electron chi connectivity index (χ3n) is 2.96. The Labute approximate surface area is 98.9 Å². The molecule has 0 atom stereocenters. The Morgan fingerprint density at radius 3 is 2.75 bits per heavy atom. The van der Waals surface area contributed by atoms with Crippen LogP contribution in [0.2, 0.25) is 0 Å². The molecule has 0 radical (unpaired) electrons. The summed E-state index contributed by atoms with van der Waals surface area (Å²) >= 11 is 0. The fourth-order valence-electron chi connectivity index (χ4n) is 1.95. The number of hydrogen-bond acceptors (Lipinski definition) is 3. The lowest BCUT2D eigenvalue weighted by molar-refractivity contribution is 0.624. The van der Waals surface area contributed by atoms with Crippen LogP contribution in [0.3, 0.4) is 0 Å². The molecular formula is C12H18N2OS. The lowest BCUT2D eigenvalue weighted by atomic mass is 10.1. The SMILES string of the molecule is Cc1ccc(N)c(NC2CCS(=O)CC2)c1. The molecule has 1 aliphatic heterocycles. The van der Waals surface area contributed by atoms with E-state index < -0.39 is 10.8 Å². The van der Waals surface area contributed by atoms with Gasteiger partial charge in [0.25, 0.3) is 0 Å². The highest BCUT2D eigenvalue weighted by molar-refractivity contribution is 7.85. The van der Waals surface area contributed by atoms with E-state index in [1.54, 1.807) is 0 Å². The third-order valence-corrected chi connectivity index (χ3v) is 4.34. The summed E-state index contributed by atoms with van der Waals surface area (Å²) in [5.41, 5.74) is 8.92. The second kappa shape index (κ2) is 4.87. The predicted octanol–water partition coefficient (Wildman–Crippen LogP) is 1.90. The Morgan fingerprint density at radius 1 is 1.38 bits per heavy atom. The quantitative estimate of drug-likeness (QED) is 0.774. The highest BCUT2D eigenvalue weighted by Gasteiger charge is 2.18. The van der Waals surface area contributed by atoms with Crippen LogP contribution in [-0.2, 0) is 10.8 Å². The number of nitrogens with one attached hydrogen (secondary N) is 1. The summed E-state index contributed by atoms with van der Waals surface area (Å²) in [6.45, 7) is 2.06. The Kier molecular flexibility index (Phi) is 3.49. The molecule has 88 valence electrons. The number of benzene rings is 1. The summed E-state index contributed by atoms with van der Waals surface area (Å²) in [7, 11) is -0.600. The molecule has 4 heteroatoms. The normalized spacial score (nSPS) is 25.3. The van der Waals surface area contributed by atoms with Crippen LogP contribution in [0.4, 0.5) is 11.4 Å². The van der Waals surface area contributed by atoms with Crippen molar-refractivity contribution in [2.75, 3.05) is 22.6 Å². The average molecular weight is 238 g/mol. The zero-order valence-corrected chi connectivity index (χ0v) is 10.3. The molecule has 1 heterocycles. The van der Waals surface area contributed by atoms with Crippen molar-refractivity contribution in [2.45, 2.75) is 25.8 Å². The van der Waals surface area contributed by atoms with Gasteiger partial charge in [0.1, 0.15) is 0 Å². The maximum Gasteiger partial charge on any atom is 0.0578 e. The highest BCUT2D eigenvalue weighted by Crippen LogP contribution is 2.23. The molecule has 0 bridgehead atoms. The molecule has 0 aromatic heterocycles. The molecule has 1 aromatic carbocycles. The van der Waals surface area contributed by atoms with E-state index in [9.17, 15) is 4.21 Å². The van der Waals surface area contributed by atoms with E-state index in [2.05, 4.69) is 18.3 Å². The van der Waals surface area contributed by atoms with E-state index >= 15 is 0 Å². The average Bonchev–Trinajstić information content (AvgIpc) is 2.27. The molecular weight excluding hydrogens is 220 g/mol. The second-order valence-corrected chi connectivity index (χ2v) is 6.05. The van der Waals surface area contributed by atoms with E-state index in [-0.39, 0.29) is 0 Å². The summed E-state index contributed by atoms with van der Waals surface area (Å²) in [6.07, 6.45) is 1.94. The fraction of sp³-hybridized carbons (Fsp3) is 0.500. The van der Waals surface area contributed by atoms with Crippen LogP contribution in [0, 0.1) is 6.92 Å². The largest absolute Gasteiger partial charge is 0.397 e. The minimum Gasteiger partial charge on any atom is -0.397 e. The maximum absolute atomic E-state index is 11.2. The van der Waals surface area contributed by atoms with Gasteiger partial charge in [-0.25, -0.2) is 0 Å². The molecule has 2 rings (SSSR count). The number of anilines is 2. The van der Waals surface area contributed by atoms with Crippen molar-refractivity contribution >= 4 is 22.2 Å².